The van der Waals surface area contributed by atoms with Gasteiger partial charge in [0.15, 0.2) is 0 Å². The Morgan fingerprint density at radius 3 is 2.86 bits per heavy atom. The molecule has 0 saturated heterocycles. The van der Waals surface area contributed by atoms with Gasteiger partial charge in [0.05, 0.1) is 0 Å². The Labute approximate surface area is 81.5 Å². The second-order valence-electron chi connectivity index (χ2n) is 3.74. The Balaban J connectivity index is 2.43. The largest absolute Gasteiger partial charge is 0.235 e. The Bertz CT molecular complexity index is 412. The van der Waals surface area contributed by atoms with Crippen molar-refractivity contribution in [1.29, 1.82) is 0 Å². The minimum atomic E-state index is -0.496. The number of carbonyl (C=O) groups excluding carboxylic acids is 1. The zero-order valence-electron chi connectivity index (χ0n) is 7.83. The summed E-state index contributed by atoms with van der Waals surface area (Å²) in [5.74, 6) is 0.00724. The maximum absolute atomic E-state index is 13.0. The standard InChI is InChI=1S/C11H10FNO/c1-8-6-11(8,13-7-14)9-3-2-4-10(12)5-9/h2-5,8H,6H2,1H3. The molecule has 0 radical (unpaired) electrons. The quantitative estimate of drug-likeness (QED) is 0.521. The average molecular weight is 191 g/mol. The molecule has 1 fully saturated rings. The predicted molar refractivity (Wildman–Crippen MR) is 50.0 cm³/mol. The van der Waals surface area contributed by atoms with E-state index in [0.717, 1.165) is 12.0 Å². The lowest BCUT2D eigenvalue weighted by Gasteiger charge is -2.08. The molecule has 1 aromatic rings. The zero-order chi connectivity index (χ0) is 10.2. The van der Waals surface area contributed by atoms with E-state index in [4.69, 9.17) is 0 Å². The minimum Gasteiger partial charge on any atom is -0.211 e. The highest BCUT2D eigenvalue weighted by molar-refractivity contribution is 5.42. The third-order valence-electron chi connectivity index (χ3n) is 2.84. The summed E-state index contributed by atoms with van der Waals surface area (Å²) in [5, 5.41) is 0. The maximum Gasteiger partial charge on any atom is 0.235 e. The van der Waals surface area contributed by atoms with Crippen LogP contribution in [-0.4, -0.2) is 6.08 Å². The molecule has 1 saturated carbocycles. The van der Waals surface area contributed by atoms with Crippen molar-refractivity contribution >= 4 is 6.08 Å². The minimum absolute atomic E-state index is 0.290. The average Bonchev–Trinajstić information content (AvgIpc) is 2.79. The Morgan fingerprint density at radius 1 is 1.64 bits per heavy atom. The monoisotopic (exact) mass is 191 g/mol. The van der Waals surface area contributed by atoms with E-state index in [-0.39, 0.29) is 5.82 Å². The highest BCUT2D eigenvalue weighted by Crippen LogP contribution is 2.54. The van der Waals surface area contributed by atoms with Crippen LogP contribution in [0.5, 0.6) is 0 Å². The highest BCUT2D eigenvalue weighted by atomic mass is 19.1. The van der Waals surface area contributed by atoms with Gasteiger partial charge in [-0.3, -0.25) is 0 Å². The second kappa shape index (κ2) is 3.03. The summed E-state index contributed by atoms with van der Waals surface area (Å²) in [4.78, 5) is 14.1. The summed E-state index contributed by atoms with van der Waals surface area (Å²) in [7, 11) is 0. The number of isocyanates is 1. The first-order valence-electron chi connectivity index (χ1n) is 4.54. The predicted octanol–water partition coefficient (Wildman–Crippen LogP) is 2.40. The summed E-state index contributed by atoms with van der Waals surface area (Å²) in [5.41, 5.74) is 0.275. The van der Waals surface area contributed by atoms with Crippen LogP contribution in [0.15, 0.2) is 29.3 Å². The highest BCUT2D eigenvalue weighted by Gasteiger charge is 2.53. The van der Waals surface area contributed by atoms with Crippen LogP contribution in [0.25, 0.3) is 0 Å². The topological polar surface area (TPSA) is 29.4 Å². The van der Waals surface area contributed by atoms with Crippen molar-refractivity contribution in [2.45, 2.75) is 18.9 Å². The van der Waals surface area contributed by atoms with Crippen LogP contribution in [0, 0.1) is 11.7 Å². The molecule has 1 aliphatic rings. The van der Waals surface area contributed by atoms with E-state index in [0.29, 0.717) is 5.92 Å². The zero-order valence-corrected chi connectivity index (χ0v) is 7.83. The molecule has 0 bridgehead atoms. The molecule has 0 heterocycles. The Kier molecular flexibility index (Phi) is 1.97. The molecule has 2 unspecified atom stereocenters. The van der Waals surface area contributed by atoms with Crippen molar-refractivity contribution in [3.05, 3.63) is 35.6 Å². The van der Waals surface area contributed by atoms with Crippen LogP contribution < -0.4 is 0 Å². The van der Waals surface area contributed by atoms with E-state index < -0.39 is 5.54 Å². The van der Waals surface area contributed by atoms with E-state index in [1.165, 1.54) is 12.1 Å². The van der Waals surface area contributed by atoms with Crippen molar-refractivity contribution in [1.82, 2.24) is 0 Å². The van der Waals surface area contributed by atoms with Gasteiger partial charge in [-0.25, -0.2) is 9.18 Å². The van der Waals surface area contributed by atoms with Gasteiger partial charge in [0.25, 0.3) is 0 Å². The second-order valence-corrected chi connectivity index (χ2v) is 3.74. The number of hydrogen-bond acceptors (Lipinski definition) is 2. The van der Waals surface area contributed by atoms with Crippen LogP contribution >= 0.6 is 0 Å². The van der Waals surface area contributed by atoms with Crippen LogP contribution in [-0.2, 0) is 10.3 Å². The van der Waals surface area contributed by atoms with E-state index in [9.17, 15) is 9.18 Å². The first-order valence-corrected chi connectivity index (χ1v) is 4.54. The summed E-state index contributed by atoms with van der Waals surface area (Å²) in [6.07, 6.45) is 2.37. The SMILES string of the molecule is CC1CC1(N=C=O)c1cccc(F)c1. The van der Waals surface area contributed by atoms with Crippen LogP contribution in [0.3, 0.4) is 0 Å². The third-order valence-corrected chi connectivity index (χ3v) is 2.84. The van der Waals surface area contributed by atoms with Gasteiger partial charge < -0.3 is 0 Å². The fourth-order valence-corrected chi connectivity index (χ4v) is 1.87. The molecule has 0 spiro atoms. The molecule has 2 atom stereocenters. The summed E-state index contributed by atoms with van der Waals surface area (Å²) < 4.78 is 13.0. The molecule has 0 amide bonds. The lowest BCUT2D eigenvalue weighted by atomic mass is 10.0. The third kappa shape index (κ3) is 1.26. The van der Waals surface area contributed by atoms with E-state index in [1.54, 1.807) is 18.2 Å². The Hall–Kier alpha value is -1.47. The molecular formula is C11H10FNO. The van der Waals surface area contributed by atoms with E-state index in [2.05, 4.69) is 4.99 Å². The van der Waals surface area contributed by atoms with Crippen molar-refractivity contribution in [2.24, 2.45) is 10.9 Å². The molecule has 0 aliphatic heterocycles. The number of halogens is 1. The lowest BCUT2D eigenvalue weighted by Crippen LogP contribution is -2.05. The van der Waals surface area contributed by atoms with Gasteiger partial charge >= 0.3 is 0 Å². The van der Waals surface area contributed by atoms with E-state index >= 15 is 0 Å². The Morgan fingerprint density at radius 2 is 2.36 bits per heavy atom. The van der Waals surface area contributed by atoms with Gasteiger partial charge in [-0.1, -0.05) is 19.1 Å². The molecule has 2 nitrogen and oxygen atoms in total. The molecule has 3 heteroatoms. The molecule has 14 heavy (non-hydrogen) atoms. The maximum atomic E-state index is 13.0. The van der Waals surface area contributed by atoms with Crippen LogP contribution in [0.1, 0.15) is 18.9 Å². The molecule has 0 aromatic heterocycles. The van der Waals surface area contributed by atoms with Gasteiger partial charge in [-0.2, -0.15) is 4.99 Å². The summed E-state index contributed by atoms with van der Waals surface area (Å²) >= 11 is 0. The fraction of sp³-hybridized carbons (Fsp3) is 0.364. The number of rotatable bonds is 2. The van der Waals surface area contributed by atoms with Gasteiger partial charge in [-0.05, 0) is 30.0 Å². The molecule has 72 valence electrons. The number of hydrogen-bond donors (Lipinski definition) is 0. The van der Waals surface area contributed by atoms with Gasteiger partial charge in [0, 0.05) is 0 Å². The number of aliphatic imine (C=N–C) groups is 1. The van der Waals surface area contributed by atoms with Gasteiger partial charge in [0.1, 0.15) is 11.4 Å². The molecule has 2 rings (SSSR count). The van der Waals surface area contributed by atoms with Crippen molar-refractivity contribution in [3.63, 3.8) is 0 Å². The van der Waals surface area contributed by atoms with Crippen molar-refractivity contribution in [2.75, 3.05) is 0 Å². The van der Waals surface area contributed by atoms with Crippen LogP contribution in [0.2, 0.25) is 0 Å². The molecule has 1 aliphatic carbocycles. The molecular weight excluding hydrogens is 181 g/mol. The summed E-state index contributed by atoms with van der Waals surface area (Å²) in [6.45, 7) is 1.99. The van der Waals surface area contributed by atoms with Gasteiger partial charge in [0.2, 0.25) is 6.08 Å². The van der Waals surface area contributed by atoms with Crippen LogP contribution in [0.4, 0.5) is 4.39 Å². The fourth-order valence-electron chi connectivity index (χ4n) is 1.87. The van der Waals surface area contributed by atoms with Crippen molar-refractivity contribution < 1.29 is 9.18 Å². The number of nitrogens with zero attached hydrogens (tertiary/aromatic N) is 1. The normalized spacial score (nSPS) is 29.4. The smallest absolute Gasteiger partial charge is 0.211 e. The first-order chi connectivity index (χ1) is 6.69. The van der Waals surface area contributed by atoms with Gasteiger partial charge in [-0.15, -0.1) is 0 Å². The molecule has 1 aromatic carbocycles. The van der Waals surface area contributed by atoms with Crippen molar-refractivity contribution in [3.8, 4) is 0 Å². The molecule has 0 N–H and O–H groups in total. The van der Waals surface area contributed by atoms with E-state index in [1.807, 2.05) is 6.92 Å². The first kappa shape index (κ1) is 9.10. The number of benzene rings is 1. The summed E-state index contributed by atoms with van der Waals surface area (Å²) in [6, 6.07) is 6.25. The lowest BCUT2D eigenvalue weighted by molar-refractivity contribution is 0.550.